The van der Waals surface area contributed by atoms with Gasteiger partial charge in [0.05, 0.1) is 6.04 Å². The molecular formula is C19H32N2. The highest BCUT2D eigenvalue weighted by Crippen LogP contribution is 2.43. The van der Waals surface area contributed by atoms with Crippen LogP contribution in [0.25, 0.3) is 0 Å². The van der Waals surface area contributed by atoms with Gasteiger partial charge in [-0.25, -0.2) is 0 Å². The summed E-state index contributed by atoms with van der Waals surface area (Å²) < 4.78 is 0. The quantitative estimate of drug-likeness (QED) is 0.875. The normalized spacial score (nSPS) is 27.8. The smallest absolute Gasteiger partial charge is 0.0506 e. The fraction of sp³-hybridized carbons (Fsp3) is 0.684. The third kappa shape index (κ3) is 3.49. The Hall–Kier alpha value is -0.860. The standard InChI is InChI=1S/C19H32N2/c1-6-20-18(17-9-7-8-16(3)14-17)19(21(4)5)12-10-15(2)11-13-19/h7-9,14-15,18,20H,6,10-13H2,1-5H3. The Bertz CT molecular complexity index is 445. The Morgan fingerprint density at radius 1 is 1.29 bits per heavy atom. The molecule has 1 unspecified atom stereocenters. The summed E-state index contributed by atoms with van der Waals surface area (Å²) in [6.45, 7) is 7.83. The average molecular weight is 288 g/mol. The first kappa shape index (κ1) is 16.5. The van der Waals surface area contributed by atoms with Gasteiger partial charge in [0.15, 0.2) is 0 Å². The summed E-state index contributed by atoms with van der Waals surface area (Å²) in [6.07, 6.45) is 5.25. The predicted molar refractivity (Wildman–Crippen MR) is 91.6 cm³/mol. The van der Waals surface area contributed by atoms with Crippen molar-refractivity contribution in [2.45, 2.75) is 58.0 Å². The maximum atomic E-state index is 3.79. The second-order valence-electron chi connectivity index (χ2n) is 7.09. The van der Waals surface area contributed by atoms with Gasteiger partial charge in [0.1, 0.15) is 0 Å². The summed E-state index contributed by atoms with van der Waals surface area (Å²) in [4.78, 5) is 2.48. The van der Waals surface area contributed by atoms with E-state index in [0.717, 1.165) is 12.5 Å². The SMILES string of the molecule is CCNC(c1cccc(C)c1)C1(N(C)C)CCC(C)CC1. The molecule has 0 saturated heterocycles. The molecule has 1 aromatic rings. The molecule has 2 heteroatoms. The van der Waals surface area contributed by atoms with Gasteiger partial charge in [-0.05, 0) is 64.7 Å². The molecule has 0 aliphatic heterocycles. The monoisotopic (exact) mass is 288 g/mol. The summed E-state index contributed by atoms with van der Waals surface area (Å²) in [5.74, 6) is 0.873. The van der Waals surface area contributed by atoms with E-state index in [9.17, 15) is 0 Å². The highest BCUT2D eigenvalue weighted by molar-refractivity contribution is 5.28. The molecule has 1 atom stereocenters. The first-order chi connectivity index (χ1) is 9.99. The van der Waals surface area contributed by atoms with E-state index in [1.54, 1.807) is 0 Å². The van der Waals surface area contributed by atoms with Crippen LogP contribution in [0.3, 0.4) is 0 Å². The Morgan fingerprint density at radius 2 is 1.95 bits per heavy atom. The number of hydrogen-bond donors (Lipinski definition) is 1. The maximum absolute atomic E-state index is 3.79. The van der Waals surface area contributed by atoms with Crippen LogP contribution in [0.4, 0.5) is 0 Å². The van der Waals surface area contributed by atoms with Crippen molar-refractivity contribution in [3.05, 3.63) is 35.4 Å². The van der Waals surface area contributed by atoms with E-state index in [1.165, 1.54) is 36.8 Å². The number of nitrogens with one attached hydrogen (secondary N) is 1. The molecule has 21 heavy (non-hydrogen) atoms. The number of hydrogen-bond acceptors (Lipinski definition) is 2. The minimum atomic E-state index is 0.246. The predicted octanol–water partition coefficient (Wildman–Crippen LogP) is 4.16. The molecular weight excluding hydrogens is 256 g/mol. The zero-order chi connectivity index (χ0) is 15.5. The molecule has 2 nitrogen and oxygen atoms in total. The molecule has 1 aromatic carbocycles. The summed E-state index contributed by atoms with van der Waals surface area (Å²) >= 11 is 0. The zero-order valence-electron chi connectivity index (χ0n) is 14.4. The van der Waals surface area contributed by atoms with Crippen molar-refractivity contribution in [3.63, 3.8) is 0 Å². The largest absolute Gasteiger partial charge is 0.309 e. The van der Waals surface area contributed by atoms with Crippen molar-refractivity contribution in [2.75, 3.05) is 20.6 Å². The van der Waals surface area contributed by atoms with Crippen LogP contribution >= 0.6 is 0 Å². The lowest BCUT2D eigenvalue weighted by Gasteiger charge is -2.50. The van der Waals surface area contributed by atoms with Gasteiger partial charge in [-0.3, -0.25) is 0 Å². The van der Waals surface area contributed by atoms with Gasteiger partial charge in [0, 0.05) is 5.54 Å². The topological polar surface area (TPSA) is 15.3 Å². The first-order valence-electron chi connectivity index (χ1n) is 8.47. The molecule has 0 bridgehead atoms. The minimum Gasteiger partial charge on any atom is -0.309 e. The lowest BCUT2D eigenvalue weighted by Crippen LogP contribution is -2.55. The molecule has 1 aliphatic rings. The Kier molecular flexibility index (Phi) is 5.45. The number of likely N-dealkylation sites (N-methyl/N-ethyl adjacent to an activating group) is 2. The molecule has 118 valence electrons. The Labute approximate surface area is 130 Å². The van der Waals surface area contributed by atoms with E-state index in [0.29, 0.717) is 6.04 Å². The summed E-state index contributed by atoms with van der Waals surface area (Å²) in [6, 6.07) is 9.46. The van der Waals surface area contributed by atoms with Gasteiger partial charge >= 0.3 is 0 Å². The first-order valence-corrected chi connectivity index (χ1v) is 8.47. The van der Waals surface area contributed by atoms with Crippen LogP contribution in [-0.4, -0.2) is 31.1 Å². The van der Waals surface area contributed by atoms with Crippen molar-refractivity contribution in [1.82, 2.24) is 10.2 Å². The molecule has 1 aliphatic carbocycles. The van der Waals surface area contributed by atoms with Crippen LogP contribution < -0.4 is 5.32 Å². The Balaban J connectivity index is 2.37. The highest BCUT2D eigenvalue weighted by atomic mass is 15.2. The van der Waals surface area contributed by atoms with Crippen LogP contribution in [0.2, 0.25) is 0 Å². The van der Waals surface area contributed by atoms with Gasteiger partial charge in [-0.15, -0.1) is 0 Å². The van der Waals surface area contributed by atoms with Crippen molar-refractivity contribution in [1.29, 1.82) is 0 Å². The summed E-state index contributed by atoms with van der Waals surface area (Å²) in [5, 5.41) is 3.79. The molecule has 0 heterocycles. The van der Waals surface area contributed by atoms with Gasteiger partial charge in [-0.1, -0.05) is 43.7 Å². The number of benzene rings is 1. The molecule has 0 amide bonds. The third-order valence-electron chi connectivity index (χ3n) is 5.35. The van der Waals surface area contributed by atoms with Gasteiger partial charge in [-0.2, -0.15) is 0 Å². The lowest BCUT2D eigenvalue weighted by molar-refractivity contribution is 0.0434. The lowest BCUT2D eigenvalue weighted by atomic mass is 9.70. The second kappa shape index (κ2) is 6.93. The van der Waals surface area contributed by atoms with E-state index >= 15 is 0 Å². The fourth-order valence-electron chi connectivity index (χ4n) is 3.93. The van der Waals surface area contributed by atoms with E-state index in [4.69, 9.17) is 0 Å². The van der Waals surface area contributed by atoms with Gasteiger partial charge in [0.25, 0.3) is 0 Å². The second-order valence-corrected chi connectivity index (χ2v) is 7.09. The van der Waals surface area contributed by atoms with Crippen molar-refractivity contribution in [2.24, 2.45) is 5.92 Å². The van der Waals surface area contributed by atoms with Crippen LogP contribution in [0, 0.1) is 12.8 Å². The molecule has 1 N–H and O–H groups in total. The van der Waals surface area contributed by atoms with Gasteiger partial charge in [0.2, 0.25) is 0 Å². The number of rotatable bonds is 5. The fourth-order valence-corrected chi connectivity index (χ4v) is 3.93. The number of nitrogens with zero attached hydrogens (tertiary/aromatic N) is 1. The molecule has 0 radical (unpaired) electrons. The van der Waals surface area contributed by atoms with E-state index in [2.05, 4.69) is 69.3 Å². The molecule has 1 saturated carbocycles. The van der Waals surface area contributed by atoms with E-state index < -0.39 is 0 Å². The zero-order valence-corrected chi connectivity index (χ0v) is 14.4. The van der Waals surface area contributed by atoms with Crippen LogP contribution in [0.1, 0.15) is 56.7 Å². The maximum Gasteiger partial charge on any atom is 0.0506 e. The van der Waals surface area contributed by atoms with Gasteiger partial charge < -0.3 is 10.2 Å². The minimum absolute atomic E-state index is 0.246. The van der Waals surface area contributed by atoms with Crippen molar-refractivity contribution >= 4 is 0 Å². The average Bonchev–Trinajstić information content (AvgIpc) is 2.46. The summed E-state index contributed by atoms with van der Waals surface area (Å²) in [5.41, 5.74) is 3.05. The van der Waals surface area contributed by atoms with Crippen LogP contribution in [-0.2, 0) is 0 Å². The van der Waals surface area contributed by atoms with E-state index in [1.807, 2.05) is 0 Å². The Morgan fingerprint density at radius 3 is 2.48 bits per heavy atom. The van der Waals surface area contributed by atoms with Crippen LogP contribution in [0.15, 0.2) is 24.3 Å². The number of aryl methyl sites for hydroxylation is 1. The molecule has 0 spiro atoms. The summed E-state index contributed by atoms with van der Waals surface area (Å²) in [7, 11) is 4.52. The highest BCUT2D eigenvalue weighted by Gasteiger charge is 2.43. The molecule has 1 fully saturated rings. The molecule has 2 rings (SSSR count). The van der Waals surface area contributed by atoms with Crippen molar-refractivity contribution < 1.29 is 0 Å². The van der Waals surface area contributed by atoms with Crippen LogP contribution in [0.5, 0.6) is 0 Å². The van der Waals surface area contributed by atoms with Crippen molar-refractivity contribution in [3.8, 4) is 0 Å². The molecule has 0 aromatic heterocycles. The van der Waals surface area contributed by atoms with E-state index in [-0.39, 0.29) is 5.54 Å². The third-order valence-corrected chi connectivity index (χ3v) is 5.35.